The molecule has 0 spiro atoms. The van der Waals surface area contributed by atoms with Crippen LogP contribution in [0.5, 0.6) is 0 Å². The molecule has 122 valence electrons. The van der Waals surface area contributed by atoms with Gasteiger partial charge in [0, 0.05) is 19.0 Å². The van der Waals surface area contributed by atoms with Crippen molar-refractivity contribution in [2.45, 2.75) is 17.7 Å². The maximum absolute atomic E-state index is 12.5. The van der Waals surface area contributed by atoms with Crippen LogP contribution in [0.25, 0.3) is 0 Å². The van der Waals surface area contributed by atoms with E-state index in [1.165, 1.54) is 15.6 Å². The number of anilines is 1. The second kappa shape index (κ2) is 6.73. The zero-order valence-electron chi connectivity index (χ0n) is 12.3. The molecule has 1 N–H and O–H groups in total. The van der Waals surface area contributed by atoms with Crippen LogP contribution in [0.2, 0.25) is 0 Å². The Morgan fingerprint density at radius 1 is 1.22 bits per heavy atom. The summed E-state index contributed by atoms with van der Waals surface area (Å²) in [6, 6.07) is 8.36. The zero-order chi connectivity index (χ0) is 16.3. The first kappa shape index (κ1) is 16.0. The molecule has 1 aliphatic rings. The number of sulfonamides is 1. The zero-order valence-corrected chi connectivity index (χ0v) is 13.9. The summed E-state index contributed by atoms with van der Waals surface area (Å²) >= 11 is 1.26. The smallest absolute Gasteiger partial charge is 0.243 e. The second-order valence-corrected chi connectivity index (χ2v) is 8.00. The highest BCUT2D eigenvalue weighted by Gasteiger charge is 2.32. The van der Waals surface area contributed by atoms with Crippen molar-refractivity contribution in [2.24, 2.45) is 5.92 Å². The van der Waals surface area contributed by atoms with Gasteiger partial charge in [-0.25, -0.2) is 8.42 Å². The fourth-order valence-electron chi connectivity index (χ4n) is 2.53. The van der Waals surface area contributed by atoms with Crippen LogP contribution in [0, 0.1) is 5.92 Å². The highest BCUT2D eigenvalue weighted by molar-refractivity contribution is 7.89. The predicted molar refractivity (Wildman–Crippen MR) is 86.5 cm³/mol. The molecule has 0 unspecified atom stereocenters. The second-order valence-electron chi connectivity index (χ2n) is 5.22. The van der Waals surface area contributed by atoms with Crippen LogP contribution >= 0.6 is 11.3 Å². The number of hydrogen-bond donors (Lipinski definition) is 1. The van der Waals surface area contributed by atoms with Crippen molar-refractivity contribution in [1.82, 2.24) is 14.5 Å². The monoisotopic (exact) mass is 352 g/mol. The molecule has 0 atom stereocenters. The number of aromatic nitrogens is 2. The molecule has 1 fully saturated rings. The SMILES string of the molecule is O=C(Nc1nncs1)C1CCN(S(=O)(=O)c2ccccc2)CC1. The molecule has 0 radical (unpaired) electrons. The Labute approximate surface area is 138 Å². The lowest BCUT2D eigenvalue weighted by Gasteiger charge is -2.30. The summed E-state index contributed by atoms with van der Waals surface area (Å²) in [5.74, 6) is -0.334. The topological polar surface area (TPSA) is 92.3 Å². The van der Waals surface area contributed by atoms with Gasteiger partial charge < -0.3 is 5.32 Å². The van der Waals surface area contributed by atoms with Crippen molar-refractivity contribution in [3.8, 4) is 0 Å². The molecular formula is C14H16N4O3S2. The van der Waals surface area contributed by atoms with E-state index in [0.29, 0.717) is 31.1 Å². The van der Waals surface area contributed by atoms with Gasteiger partial charge in [0.05, 0.1) is 4.90 Å². The summed E-state index contributed by atoms with van der Waals surface area (Å²) in [4.78, 5) is 12.4. The van der Waals surface area contributed by atoms with Gasteiger partial charge in [-0.2, -0.15) is 4.31 Å². The molecule has 0 saturated carbocycles. The molecule has 2 heterocycles. The average Bonchev–Trinajstić information content (AvgIpc) is 3.09. The van der Waals surface area contributed by atoms with Crippen LogP contribution in [0.3, 0.4) is 0 Å². The van der Waals surface area contributed by atoms with E-state index in [9.17, 15) is 13.2 Å². The number of carbonyl (C=O) groups excluding carboxylic acids is 1. The van der Waals surface area contributed by atoms with Gasteiger partial charge in [-0.05, 0) is 25.0 Å². The van der Waals surface area contributed by atoms with Gasteiger partial charge in [-0.15, -0.1) is 10.2 Å². The van der Waals surface area contributed by atoms with Crippen LogP contribution in [-0.4, -0.2) is 41.9 Å². The number of hydrogen-bond acceptors (Lipinski definition) is 6. The number of amides is 1. The number of piperidine rings is 1. The molecule has 23 heavy (non-hydrogen) atoms. The number of benzene rings is 1. The van der Waals surface area contributed by atoms with Gasteiger partial charge in [-0.3, -0.25) is 4.79 Å². The lowest BCUT2D eigenvalue weighted by atomic mass is 9.97. The minimum Gasteiger partial charge on any atom is -0.300 e. The third-order valence-corrected chi connectivity index (χ3v) is 6.32. The lowest BCUT2D eigenvalue weighted by Crippen LogP contribution is -2.41. The quantitative estimate of drug-likeness (QED) is 0.902. The molecule has 2 aromatic rings. The van der Waals surface area contributed by atoms with E-state index in [0.717, 1.165) is 0 Å². The van der Waals surface area contributed by atoms with E-state index < -0.39 is 10.0 Å². The third-order valence-electron chi connectivity index (χ3n) is 3.80. The van der Waals surface area contributed by atoms with Crippen molar-refractivity contribution in [3.05, 3.63) is 35.8 Å². The molecule has 1 amide bonds. The number of rotatable bonds is 4. The normalized spacial score (nSPS) is 17.0. The van der Waals surface area contributed by atoms with Crippen LogP contribution in [0.1, 0.15) is 12.8 Å². The van der Waals surface area contributed by atoms with Crippen LogP contribution in [0.15, 0.2) is 40.7 Å². The minimum atomic E-state index is -3.48. The first-order valence-corrected chi connectivity index (χ1v) is 9.51. The van der Waals surface area contributed by atoms with E-state index in [1.54, 1.807) is 35.8 Å². The Balaban J connectivity index is 1.61. The Bertz CT molecular complexity index is 755. The van der Waals surface area contributed by atoms with Gasteiger partial charge in [0.2, 0.25) is 21.1 Å². The average molecular weight is 352 g/mol. The molecule has 0 bridgehead atoms. The standard InChI is InChI=1S/C14H16N4O3S2/c19-13(16-14-17-15-10-22-14)11-6-8-18(9-7-11)23(20,21)12-4-2-1-3-5-12/h1-5,10-11H,6-9H2,(H,16,17,19). The highest BCUT2D eigenvalue weighted by Crippen LogP contribution is 2.24. The Kier molecular flexibility index (Phi) is 4.69. The Morgan fingerprint density at radius 3 is 2.52 bits per heavy atom. The summed E-state index contributed by atoms with van der Waals surface area (Å²) in [7, 11) is -3.48. The third kappa shape index (κ3) is 3.57. The van der Waals surface area contributed by atoms with Crippen molar-refractivity contribution in [1.29, 1.82) is 0 Å². The summed E-state index contributed by atoms with van der Waals surface area (Å²) < 4.78 is 26.5. The lowest BCUT2D eigenvalue weighted by molar-refractivity contribution is -0.120. The maximum Gasteiger partial charge on any atom is 0.243 e. The van der Waals surface area contributed by atoms with Gasteiger partial charge in [0.15, 0.2) is 0 Å². The molecule has 1 aromatic carbocycles. The molecule has 3 rings (SSSR count). The first-order valence-electron chi connectivity index (χ1n) is 7.19. The van der Waals surface area contributed by atoms with Crippen LogP contribution < -0.4 is 5.32 Å². The summed E-state index contributed by atoms with van der Waals surface area (Å²) in [6.45, 7) is 0.677. The van der Waals surface area contributed by atoms with Crippen LogP contribution in [0.4, 0.5) is 5.13 Å². The molecule has 1 aliphatic heterocycles. The Morgan fingerprint density at radius 2 is 1.91 bits per heavy atom. The molecule has 7 nitrogen and oxygen atoms in total. The van der Waals surface area contributed by atoms with E-state index in [4.69, 9.17) is 0 Å². The fraction of sp³-hybridized carbons (Fsp3) is 0.357. The van der Waals surface area contributed by atoms with Gasteiger partial charge in [-0.1, -0.05) is 29.5 Å². The summed E-state index contributed by atoms with van der Waals surface area (Å²) in [5, 5.41) is 10.6. The number of nitrogens with zero attached hydrogens (tertiary/aromatic N) is 3. The fourth-order valence-corrected chi connectivity index (χ4v) is 4.47. The van der Waals surface area contributed by atoms with E-state index in [2.05, 4.69) is 15.5 Å². The van der Waals surface area contributed by atoms with Crippen molar-refractivity contribution in [2.75, 3.05) is 18.4 Å². The molecule has 9 heteroatoms. The molecule has 0 aliphatic carbocycles. The largest absolute Gasteiger partial charge is 0.300 e. The van der Waals surface area contributed by atoms with Crippen molar-refractivity contribution in [3.63, 3.8) is 0 Å². The molecule has 1 saturated heterocycles. The van der Waals surface area contributed by atoms with E-state index in [1.807, 2.05) is 0 Å². The van der Waals surface area contributed by atoms with Gasteiger partial charge in [0.25, 0.3) is 0 Å². The number of nitrogens with one attached hydrogen (secondary N) is 1. The van der Waals surface area contributed by atoms with Crippen molar-refractivity contribution >= 4 is 32.4 Å². The molecular weight excluding hydrogens is 336 g/mol. The highest BCUT2D eigenvalue weighted by atomic mass is 32.2. The van der Waals surface area contributed by atoms with Crippen LogP contribution in [-0.2, 0) is 14.8 Å². The van der Waals surface area contributed by atoms with E-state index in [-0.39, 0.29) is 16.7 Å². The van der Waals surface area contributed by atoms with Gasteiger partial charge in [0.1, 0.15) is 5.51 Å². The predicted octanol–water partition coefficient (Wildman–Crippen LogP) is 1.58. The summed E-state index contributed by atoms with van der Waals surface area (Å²) in [5.41, 5.74) is 1.55. The minimum absolute atomic E-state index is 0.126. The molecule has 1 aromatic heterocycles. The van der Waals surface area contributed by atoms with Crippen molar-refractivity contribution < 1.29 is 13.2 Å². The number of carbonyl (C=O) groups is 1. The summed E-state index contributed by atoms with van der Waals surface area (Å²) in [6.07, 6.45) is 0.993. The van der Waals surface area contributed by atoms with Gasteiger partial charge >= 0.3 is 0 Å². The van der Waals surface area contributed by atoms with E-state index >= 15 is 0 Å². The first-order chi connectivity index (χ1) is 11.1. The maximum atomic E-state index is 12.5. The Hall–Kier alpha value is -1.84.